The van der Waals surface area contributed by atoms with Crippen LogP contribution in [0.1, 0.15) is 19.4 Å². The van der Waals surface area contributed by atoms with Crippen LogP contribution in [0, 0.1) is 13.7 Å². The molecule has 0 saturated carbocycles. The summed E-state index contributed by atoms with van der Waals surface area (Å²) in [6.45, 7) is -4.86. The second-order valence-corrected chi connectivity index (χ2v) is 2.71. The highest BCUT2D eigenvalue weighted by Crippen LogP contribution is 2.20. The Labute approximate surface area is 81.3 Å². The fourth-order valence-corrected chi connectivity index (χ4v) is 1.27. The Morgan fingerprint density at radius 2 is 1.92 bits per heavy atom. The van der Waals surface area contributed by atoms with Gasteiger partial charge in [-0.25, -0.2) is 0 Å². The first-order valence-electron chi connectivity index (χ1n) is 6.74. The Hall–Kier alpha value is -1.30. The standard InChI is InChI=1S/C12H12/c1-9-7-8-11-5-3-4-6-12(11)10(9)2/h3-8H,1-2H3/i1D3,2D3. The average molecular weight is 162 g/mol. The van der Waals surface area contributed by atoms with E-state index in [1.54, 1.807) is 30.3 Å². The maximum atomic E-state index is 7.56. The third kappa shape index (κ3) is 1.00. The van der Waals surface area contributed by atoms with E-state index in [-0.39, 0.29) is 11.1 Å². The Balaban J connectivity index is 2.89. The fourth-order valence-electron chi connectivity index (χ4n) is 1.27. The van der Waals surface area contributed by atoms with Crippen LogP contribution in [0.25, 0.3) is 10.8 Å². The molecule has 0 amide bonds. The zero-order valence-corrected chi connectivity index (χ0v) is 6.46. The van der Waals surface area contributed by atoms with Gasteiger partial charge in [0.2, 0.25) is 0 Å². The van der Waals surface area contributed by atoms with Crippen LogP contribution in [0.3, 0.4) is 0 Å². The SMILES string of the molecule is [2H]C([2H])([2H])c1ccc2ccccc2c1C([2H])([2H])[2H]. The minimum Gasteiger partial charge on any atom is -0.0616 e. The van der Waals surface area contributed by atoms with Crippen molar-refractivity contribution in [3.05, 3.63) is 47.5 Å². The molecule has 0 spiro atoms. The summed E-state index contributed by atoms with van der Waals surface area (Å²) >= 11 is 0. The molecule has 2 rings (SSSR count). The van der Waals surface area contributed by atoms with Crippen molar-refractivity contribution in [1.29, 1.82) is 0 Å². The van der Waals surface area contributed by atoms with Crippen molar-refractivity contribution in [1.82, 2.24) is 0 Å². The van der Waals surface area contributed by atoms with Crippen molar-refractivity contribution >= 4 is 10.8 Å². The van der Waals surface area contributed by atoms with Gasteiger partial charge in [0, 0.05) is 8.22 Å². The Morgan fingerprint density at radius 1 is 1.00 bits per heavy atom. The van der Waals surface area contributed by atoms with E-state index in [4.69, 9.17) is 8.22 Å². The van der Waals surface area contributed by atoms with E-state index in [2.05, 4.69) is 0 Å². The van der Waals surface area contributed by atoms with Crippen molar-refractivity contribution in [3.8, 4) is 0 Å². The predicted octanol–water partition coefficient (Wildman–Crippen LogP) is 3.46. The van der Waals surface area contributed by atoms with Crippen molar-refractivity contribution in [2.45, 2.75) is 13.7 Å². The lowest BCUT2D eigenvalue weighted by atomic mass is 10.0. The van der Waals surface area contributed by atoms with Gasteiger partial charge in [-0.1, -0.05) is 36.4 Å². The van der Waals surface area contributed by atoms with Crippen LogP contribution in [0.5, 0.6) is 0 Å². The summed E-state index contributed by atoms with van der Waals surface area (Å²) < 4.78 is 45.0. The first-order chi connectivity index (χ1) is 8.21. The summed E-state index contributed by atoms with van der Waals surface area (Å²) in [5, 5.41) is 1.21. The van der Waals surface area contributed by atoms with Crippen LogP contribution >= 0.6 is 0 Å². The van der Waals surface area contributed by atoms with E-state index >= 15 is 0 Å². The van der Waals surface area contributed by atoms with E-state index in [1.807, 2.05) is 0 Å². The molecule has 0 fully saturated rings. The van der Waals surface area contributed by atoms with Gasteiger partial charge in [-0.15, -0.1) is 0 Å². The molecule has 0 saturated heterocycles. The first-order valence-corrected chi connectivity index (χ1v) is 3.74. The van der Waals surface area contributed by atoms with Crippen molar-refractivity contribution < 1.29 is 8.22 Å². The van der Waals surface area contributed by atoms with Crippen LogP contribution in [-0.2, 0) is 0 Å². The Morgan fingerprint density at radius 3 is 2.75 bits per heavy atom. The number of aryl methyl sites for hydroxylation is 2. The molecule has 0 aliphatic rings. The van der Waals surface area contributed by atoms with E-state index < -0.39 is 13.7 Å². The van der Waals surface area contributed by atoms with Gasteiger partial charge in [0.1, 0.15) is 0 Å². The topological polar surface area (TPSA) is 0 Å². The monoisotopic (exact) mass is 162 g/mol. The van der Waals surface area contributed by atoms with Gasteiger partial charge in [0.25, 0.3) is 0 Å². The number of hydrogen-bond acceptors (Lipinski definition) is 0. The summed E-state index contributed by atoms with van der Waals surface area (Å²) in [6, 6.07) is 9.95. The van der Waals surface area contributed by atoms with Crippen LogP contribution in [0.2, 0.25) is 0 Å². The largest absolute Gasteiger partial charge is 0.0616 e. The van der Waals surface area contributed by atoms with Gasteiger partial charge in [-0.3, -0.25) is 0 Å². The second-order valence-electron chi connectivity index (χ2n) is 2.71. The average Bonchev–Trinajstić information content (AvgIpc) is 2.24. The molecule has 0 nitrogen and oxygen atoms in total. The summed E-state index contributed by atoms with van der Waals surface area (Å²) in [6.07, 6.45) is 0. The van der Waals surface area contributed by atoms with E-state index in [0.29, 0.717) is 5.39 Å². The summed E-state index contributed by atoms with van der Waals surface area (Å²) in [5.41, 5.74) is -0.165. The molecule has 2 aromatic carbocycles. The lowest BCUT2D eigenvalue weighted by Crippen LogP contribution is -1.82. The van der Waals surface area contributed by atoms with Crippen LogP contribution in [0.15, 0.2) is 36.4 Å². The molecule has 0 heteroatoms. The number of fused-ring (bicyclic) bond motifs is 1. The smallest absolute Gasteiger partial charge is 0.0280 e. The normalized spacial score (nSPS) is 20.0. The van der Waals surface area contributed by atoms with Crippen molar-refractivity contribution in [2.75, 3.05) is 0 Å². The summed E-state index contributed by atoms with van der Waals surface area (Å²) in [4.78, 5) is 0. The molecule has 0 radical (unpaired) electrons. The Kier molecular flexibility index (Phi) is 0.705. The zero-order valence-electron chi connectivity index (χ0n) is 12.5. The second kappa shape index (κ2) is 2.63. The molecule has 60 valence electrons. The molecule has 0 aromatic heterocycles. The number of rotatable bonds is 0. The van der Waals surface area contributed by atoms with Crippen LogP contribution in [-0.4, -0.2) is 0 Å². The molecule has 0 bridgehead atoms. The lowest BCUT2D eigenvalue weighted by Gasteiger charge is -2.04. The molecule has 0 N–H and O–H groups in total. The zero-order chi connectivity index (χ0) is 13.6. The van der Waals surface area contributed by atoms with Crippen molar-refractivity contribution in [3.63, 3.8) is 0 Å². The maximum absolute atomic E-state index is 7.56. The number of hydrogen-bond donors (Lipinski definition) is 0. The van der Waals surface area contributed by atoms with E-state index in [9.17, 15) is 0 Å². The van der Waals surface area contributed by atoms with Gasteiger partial charge in [-0.2, -0.15) is 0 Å². The maximum Gasteiger partial charge on any atom is 0.0280 e. The molecule has 12 heavy (non-hydrogen) atoms. The molecule has 0 heterocycles. The molecule has 0 atom stereocenters. The van der Waals surface area contributed by atoms with Gasteiger partial charge < -0.3 is 0 Å². The molecule has 0 aliphatic carbocycles. The van der Waals surface area contributed by atoms with E-state index in [0.717, 1.165) is 5.39 Å². The van der Waals surface area contributed by atoms with Gasteiger partial charge in [-0.05, 0) is 35.6 Å². The third-order valence-electron chi connectivity index (χ3n) is 1.93. The predicted molar refractivity (Wildman–Crippen MR) is 53.4 cm³/mol. The van der Waals surface area contributed by atoms with Gasteiger partial charge in [0.15, 0.2) is 0 Å². The highest BCUT2D eigenvalue weighted by molar-refractivity contribution is 5.86. The van der Waals surface area contributed by atoms with E-state index in [1.165, 1.54) is 6.07 Å². The molecular weight excluding hydrogens is 144 g/mol. The molecule has 2 aromatic rings. The minimum absolute atomic E-state index is 0.0689. The van der Waals surface area contributed by atoms with Crippen LogP contribution < -0.4 is 0 Å². The first kappa shape index (κ1) is 3.21. The lowest BCUT2D eigenvalue weighted by molar-refractivity contribution is 1.38. The molecule has 0 unspecified atom stereocenters. The minimum atomic E-state index is -2.44. The summed E-state index contributed by atoms with van der Waals surface area (Å²) in [5.74, 6) is 0. The number of benzene rings is 2. The summed E-state index contributed by atoms with van der Waals surface area (Å²) in [7, 11) is 0. The van der Waals surface area contributed by atoms with Crippen LogP contribution in [0.4, 0.5) is 0 Å². The fraction of sp³-hybridized carbons (Fsp3) is 0.167. The van der Waals surface area contributed by atoms with Gasteiger partial charge >= 0.3 is 0 Å². The highest BCUT2D eigenvalue weighted by atomic mass is 14.0. The highest BCUT2D eigenvalue weighted by Gasteiger charge is 1.97. The van der Waals surface area contributed by atoms with Gasteiger partial charge in [0.05, 0.1) is 0 Å². The molecular formula is C12H12. The van der Waals surface area contributed by atoms with Crippen molar-refractivity contribution in [2.24, 2.45) is 0 Å². The Bertz CT molecular complexity index is 579. The molecule has 0 aliphatic heterocycles. The quantitative estimate of drug-likeness (QED) is 0.556. The third-order valence-corrected chi connectivity index (χ3v) is 1.93.